The number of amides is 1. The third-order valence-corrected chi connectivity index (χ3v) is 5.03. The summed E-state index contributed by atoms with van der Waals surface area (Å²) >= 11 is 0. The maximum atomic E-state index is 14.4. The first kappa shape index (κ1) is 20.7. The van der Waals surface area contributed by atoms with Gasteiger partial charge in [-0.15, -0.1) is 0 Å². The van der Waals surface area contributed by atoms with Gasteiger partial charge in [0, 0.05) is 29.8 Å². The van der Waals surface area contributed by atoms with Gasteiger partial charge in [0.2, 0.25) is 5.91 Å². The number of carbonyl (C=O) groups is 1. The van der Waals surface area contributed by atoms with Gasteiger partial charge in [-0.1, -0.05) is 12.1 Å². The van der Waals surface area contributed by atoms with Gasteiger partial charge in [0.1, 0.15) is 23.5 Å². The van der Waals surface area contributed by atoms with E-state index in [1.807, 2.05) is 13.8 Å². The van der Waals surface area contributed by atoms with Crippen molar-refractivity contribution in [2.75, 3.05) is 6.54 Å². The molecule has 0 radical (unpaired) electrons. The van der Waals surface area contributed by atoms with Crippen LogP contribution in [-0.2, 0) is 11.2 Å². The molecule has 5 nitrogen and oxygen atoms in total. The van der Waals surface area contributed by atoms with Crippen LogP contribution in [0.2, 0.25) is 0 Å². The largest absolute Gasteiger partial charge is 0.487 e. The lowest BCUT2D eigenvalue weighted by Gasteiger charge is -2.13. The number of nitrogens with zero attached hydrogens (tertiary/aromatic N) is 2. The Bertz CT molecular complexity index is 1180. The molecule has 0 bridgehead atoms. The van der Waals surface area contributed by atoms with Gasteiger partial charge in [-0.25, -0.2) is 13.8 Å². The Morgan fingerprint density at radius 3 is 2.90 bits per heavy atom. The Morgan fingerprint density at radius 2 is 2.10 bits per heavy atom. The molecule has 0 saturated heterocycles. The fourth-order valence-corrected chi connectivity index (χ4v) is 3.51. The number of halogens is 2. The Kier molecular flexibility index (Phi) is 5.75. The van der Waals surface area contributed by atoms with E-state index in [0.29, 0.717) is 34.6 Å². The number of carbonyl (C=O) groups excluding carboxylic acids is 1. The Balaban J connectivity index is 1.45. The van der Waals surface area contributed by atoms with Crippen LogP contribution in [0.25, 0.3) is 17.3 Å². The molecule has 1 atom stereocenters. The van der Waals surface area contributed by atoms with E-state index in [1.165, 1.54) is 30.4 Å². The van der Waals surface area contributed by atoms with Crippen molar-refractivity contribution in [2.24, 2.45) is 0 Å². The summed E-state index contributed by atoms with van der Waals surface area (Å²) in [5, 5.41) is 2.75. The summed E-state index contributed by atoms with van der Waals surface area (Å²) in [6, 6.07) is 8.99. The second-order valence-electron chi connectivity index (χ2n) is 7.43. The highest BCUT2D eigenvalue weighted by Gasteiger charge is 2.30. The van der Waals surface area contributed by atoms with Crippen LogP contribution < -0.4 is 10.1 Å². The molecule has 7 heteroatoms. The van der Waals surface area contributed by atoms with Crippen molar-refractivity contribution in [1.82, 2.24) is 15.3 Å². The molecule has 0 spiro atoms. The first-order chi connectivity index (χ1) is 14.9. The number of benzene rings is 2. The van der Waals surface area contributed by atoms with E-state index in [4.69, 9.17) is 4.74 Å². The lowest BCUT2D eigenvalue weighted by Crippen LogP contribution is -2.33. The molecule has 2 aromatic carbocycles. The smallest absolute Gasteiger partial charge is 0.244 e. The van der Waals surface area contributed by atoms with Gasteiger partial charge in [0.15, 0.2) is 0 Å². The molecule has 1 amide bonds. The SMILES string of the molecule is Cc1cnc(C)c(-c2ccc(F)c3c2OC(CNC(=O)/C=C/c2cccc(F)c2)C3)n1. The molecule has 0 saturated carbocycles. The van der Waals surface area contributed by atoms with Crippen LogP contribution in [0.4, 0.5) is 8.78 Å². The van der Waals surface area contributed by atoms with Crippen LogP contribution in [0.1, 0.15) is 22.5 Å². The zero-order chi connectivity index (χ0) is 22.0. The number of aromatic nitrogens is 2. The molecule has 0 fully saturated rings. The first-order valence-electron chi connectivity index (χ1n) is 9.91. The van der Waals surface area contributed by atoms with E-state index in [0.717, 1.165) is 11.4 Å². The van der Waals surface area contributed by atoms with Crippen LogP contribution in [0.3, 0.4) is 0 Å². The van der Waals surface area contributed by atoms with E-state index in [1.54, 1.807) is 24.4 Å². The molecule has 0 aliphatic carbocycles. The Labute approximate surface area is 178 Å². The number of hydrogen-bond donors (Lipinski definition) is 1. The topological polar surface area (TPSA) is 64.1 Å². The lowest BCUT2D eigenvalue weighted by molar-refractivity contribution is -0.116. The monoisotopic (exact) mass is 421 g/mol. The summed E-state index contributed by atoms with van der Waals surface area (Å²) in [6.07, 6.45) is 4.46. The van der Waals surface area contributed by atoms with E-state index in [-0.39, 0.29) is 24.1 Å². The van der Waals surface area contributed by atoms with Gasteiger partial charge in [-0.3, -0.25) is 9.78 Å². The zero-order valence-electron chi connectivity index (χ0n) is 17.2. The number of nitrogens with one attached hydrogen (secondary N) is 1. The van der Waals surface area contributed by atoms with Gasteiger partial charge in [0.05, 0.1) is 23.6 Å². The number of fused-ring (bicyclic) bond motifs is 1. The van der Waals surface area contributed by atoms with Crippen LogP contribution in [0.15, 0.2) is 48.7 Å². The Hall–Kier alpha value is -3.61. The van der Waals surface area contributed by atoms with Crippen molar-refractivity contribution in [1.29, 1.82) is 0 Å². The highest BCUT2D eigenvalue weighted by molar-refractivity contribution is 5.91. The molecule has 1 aliphatic rings. The summed E-state index contributed by atoms with van der Waals surface area (Å²) in [6.45, 7) is 3.89. The second kappa shape index (κ2) is 8.63. The molecule has 1 N–H and O–H groups in total. The van der Waals surface area contributed by atoms with Crippen molar-refractivity contribution in [3.63, 3.8) is 0 Å². The van der Waals surface area contributed by atoms with Gasteiger partial charge in [0.25, 0.3) is 0 Å². The third-order valence-electron chi connectivity index (χ3n) is 5.03. The predicted molar refractivity (Wildman–Crippen MR) is 113 cm³/mol. The summed E-state index contributed by atoms with van der Waals surface area (Å²) in [5.74, 6) is -0.620. The summed E-state index contributed by atoms with van der Waals surface area (Å²) in [5.41, 5.74) is 3.87. The van der Waals surface area contributed by atoms with E-state index >= 15 is 0 Å². The maximum absolute atomic E-state index is 14.4. The molecule has 2 heterocycles. The molecule has 3 aromatic rings. The van der Waals surface area contributed by atoms with Gasteiger partial charge < -0.3 is 10.1 Å². The molecule has 158 valence electrons. The summed E-state index contributed by atoms with van der Waals surface area (Å²) < 4.78 is 33.7. The molecule has 1 unspecified atom stereocenters. The lowest BCUT2D eigenvalue weighted by atomic mass is 10.0. The van der Waals surface area contributed by atoms with Crippen LogP contribution in [-0.4, -0.2) is 28.5 Å². The van der Waals surface area contributed by atoms with E-state index in [9.17, 15) is 13.6 Å². The molecule has 4 rings (SSSR count). The number of hydrogen-bond acceptors (Lipinski definition) is 4. The molecule has 1 aromatic heterocycles. The average molecular weight is 421 g/mol. The maximum Gasteiger partial charge on any atom is 0.244 e. The van der Waals surface area contributed by atoms with Crippen molar-refractivity contribution in [2.45, 2.75) is 26.4 Å². The Morgan fingerprint density at radius 1 is 1.26 bits per heavy atom. The first-order valence-corrected chi connectivity index (χ1v) is 9.91. The average Bonchev–Trinajstić information content (AvgIpc) is 3.18. The minimum Gasteiger partial charge on any atom is -0.487 e. The fourth-order valence-electron chi connectivity index (χ4n) is 3.51. The molecule has 31 heavy (non-hydrogen) atoms. The quantitative estimate of drug-likeness (QED) is 0.628. The molecular weight excluding hydrogens is 400 g/mol. The minimum absolute atomic E-state index is 0.207. The third kappa shape index (κ3) is 4.60. The molecule has 1 aliphatic heterocycles. The molecular formula is C24H21F2N3O2. The standard InChI is InChI=1S/C24H21F2N3O2/c1-14-12-27-15(2)23(29-14)19-7-8-21(26)20-11-18(31-24(19)20)13-28-22(30)9-6-16-4-3-5-17(25)10-16/h3-10,12,18H,11,13H2,1-2H3,(H,28,30)/b9-6+. The van der Waals surface area contributed by atoms with Gasteiger partial charge in [-0.05, 0) is 49.8 Å². The van der Waals surface area contributed by atoms with Crippen molar-refractivity contribution >= 4 is 12.0 Å². The van der Waals surface area contributed by atoms with Gasteiger partial charge >= 0.3 is 0 Å². The number of ether oxygens (including phenoxy) is 1. The van der Waals surface area contributed by atoms with Crippen molar-refractivity contribution in [3.8, 4) is 17.0 Å². The van der Waals surface area contributed by atoms with Crippen LogP contribution in [0.5, 0.6) is 5.75 Å². The second-order valence-corrected chi connectivity index (χ2v) is 7.43. The highest BCUT2D eigenvalue weighted by Crippen LogP contribution is 2.40. The summed E-state index contributed by atoms with van der Waals surface area (Å²) in [7, 11) is 0. The van der Waals surface area contributed by atoms with Crippen LogP contribution >= 0.6 is 0 Å². The minimum atomic E-state index is -0.407. The van der Waals surface area contributed by atoms with Gasteiger partial charge in [-0.2, -0.15) is 0 Å². The normalized spacial score (nSPS) is 15.0. The number of aryl methyl sites for hydroxylation is 2. The van der Waals surface area contributed by atoms with Crippen molar-refractivity contribution < 1.29 is 18.3 Å². The van der Waals surface area contributed by atoms with E-state index in [2.05, 4.69) is 15.3 Å². The summed E-state index contributed by atoms with van der Waals surface area (Å²) in [4.78, 5) is 21.0. The fraction of sp³-hybridized carbons (Fsp3) is 0.208. The number of rotatable bonds is 5. The van der Waals surface area contributed by atoms with E-state index < -0.39 is 6.10 Å². The highest BCUT2D eigenvalue weighted by atomic mass is 19.1. The predicted octanol–water partition coefficient (Wildman–Crippen LogP) is 4.17. The zero-order valence-corrected chi connectivity index (χ0v) is 17.2. The van der Waals surface area contributed by atoms with Crippen molar-refractivity contribution in [3.05, 3.63) is 82.8 Å². The van der Waals surface area contributed by atoms with Crippen LogP contribution in [0, 0.1) is 25.5 Å².